The van der Waals surface area contributed by atoms with Gasteiger partial charge >= 0.3 is 11.9 Å². The van der Waals surface area contributed by atoms with Gasteiger partial charge in [-0.25, -0.2) is 9.59 Å². The number of carbonyl (C=O) groups excluding carboxylic acids is 1. The van der Waals surface area contributed by atoms with Crippen molar-refractivity contribution in [1.29, 1.82) is 0 Å². The summed E-state index contributed by atoms with van der Waals surface area (Å²) in [6.07, 6.45) is 6.02. The first-order chi connectivity index (χ1) is 9.06. The van der Waals surface area contributed by atoms with E-state index in [1.165, 1.54) is 6.08 Å². The average Bonchev–Trinajstić information content (AvgIpc) is 2.38. The molecule has 1 atom stereocenters. The van der Waals surface area contributed by atoms with Gasteiger partial charge in [0.2, 0.25) is 0 Å². The monoisotopic (exact) mass is 263 g/mol. The summed E-state index contributed by atoms with van der Waals surface area (Å²) < 4.78 is 5.14. The van der Waals surface area contributed by atoms with E-state index in [9.17, 15) is 9.59 Å². The van der Waals surface area contributed by atoms with Crippen LogP contribution in [0.3, 0.4) is 0 Å². The number of carboxylic acid groups (broad SMARTS) is 1. The van der Waals surface area contributed by atoms with Crippen LogP contribution in [0.25, 0.3) is 0 Å². The van der Waals surface area contributed by atoms with Crippen molar-refractivity contribution < 1.29 is 19.4 Å². The normalized spacial score (nSPS) is 21.7. The number of carboxylic acids is 1. The Balaban J connectivity index is 2.26. The molecule has 2 rings (SSSR count). The summed E-state index contributed by atoms with van der Waals surface area (Å²) in [4.78, 5) is 24.6. The molecule has 0 amide bonds. The highest BCUT2D eigenvalue weighted by Gasteiger charge is 2.32. The van der Waals surface area contributed by atoms with Crippen LogP contribution in [0, 0.1) is 5.92 Å². The molecule has 0 aromatic heterocycles. The van der Waals surface area contributed by atoms with Crippen LogP contribution in [0.5, 0.6) is 0 Å². The number of carbonyl (C=O) groups is 2. The van der Waals surface area contributed by atoms with Crippen LogP contribution in [-0.2, 0) is 14.3 Å². The Morgan fingerprint density at radius 1 is 1.47 bits per heavy atom. The van der Waals surface area contributed by atoms with Gasteiger partial charge in [-0.1, -0.05) is 12.2 Å². The van der Waals surface area contributed by atoms with Crippen molar-refractivity contribution in [3.8, 4) is 0 Å². The van der Waals surface area contributed by atoms with Crippen molar-refractivity contribution in [3.05, 3.63) is 35.3 Å². The number of nitrogens with zero attached hydrogens (tertiary/aromatic N) is 1. The van der Waals surface area contributed by atoms with Gasteiger partial charge < -0.3 is 14.7 Å². The second-order valence-corrected chi connectivity index (χ2v) is 4.47. The zero-order chi connectivity index (χ0) is 14.0. The third-order valence-electron chi connectivity index (χ3n) is 3.39. The molecule has 1 aliphatic carbocycles. The fourth-order valence-corrected chi connectivity index (χ4v) is 2.33. The fourth-order valence-electron chi connectivity index (χ4n) is 2.33. The Bertz CT molecular complexity index is 498. The second kappa shape index (κ2) is 5.30. The minimum absolute atomic E-state index is 0.150. The van der Waals surface area contributed by atoms with E-state index in [0.717, 1.165) is 18.8 Å². The van der Waals surface area contributed by atoms with Gasteiger partial charge in [-0.05, 0) is 20.3 Å². The number of rotatable bonds is 4. The van der Waals surface area contributed by atoms with Crippen LogP contribution in [0.2, 0.25) is 0 Å². The van der Waals surface area contributed by atoms with Crippen molar-refractivity contribution in [2.75, 3.05) is 13.1 Å². The van der Waals surface area contributed by atoms with E-state index in [4.69, 9.17) is 9.84 Å². The average molecular weight is 263 g/mol. The fraction of sp³-hybridized carbons (Fsp3) is 0.429. The maximum absolute atomic E-state index is 11.6. The molecule has 102 valence electrons. The number of esters is 1. The Morgan fingerprint density at radius 3 is 2.74 bits per heavy atom. The highest BCUT2D eigenvalue weighted by molar-refractivity contribution is 6.14. The summed E-state index contributed by atoms with van der Waals surface area (Å²) in [6, 6.07) is 0. The molecule has 1 aliphatic heterocycles. The number of aliphatic carboxylic acids is 1. The Hall–Kier alpha value is -2.04. The molecule has 5 heteroatoms. The second-order valence-electron chi connectivity index (χ2n) is 4.47. The molecule has 0 saturated carbocycles. The lowest BCUT2D eigenvalue weighted by molar-refractivity contribution is -0.142. The largest absolute Gasteiger partial charge is 0.477 e. The van der Waals surface area contributed by atoms with Gasteiger partial charge in [0.15, 0.2) is 0 Å². The van der Waals surface area contributed by atoms with Crippen molar-refractivity contribution in [2.45, 2.75) is 20.3 Å². The Labute approximate surface area is 111 Å². The first-order valence-electron chi connectivity index (χ1n) is 6.40. The minimum atomic E-state index is -1.23. The van der Waals surface area contributed by atoms with E-state index in [2.05, 4.69) is 24.8 Å². The van der Waals surface area contributed by atoms with E-state index in [1.54, 1.807) is 0 Å². The topological polar surface area (TPSA) is 66.8 Å². The van der Waals surface area contributed by atoms with E-state index in [-0.39, 0.29) is 11.5 Å². The van der Waals surface area contributed by atoms with Crippen LogP contribution in [-0.4, -0.2) is 35.0 Å². The zero-order valence-corrected chi connectivity index (χ0v) is 11.0. The first kappa shape index (κ1) is 13.4. The number of hydrogen-bond donors (Lipinski definition) is 1. The highest BCUT2D eigenvalue weighted by atomic mass is 16.5. The molecule has 0 bridgehead atoms. The molecular weight excluding hydrogens is 246 g/mol. The lowest BCUT2D eigenvalue weighted by atomic mass is 9.92. The van der Waals surface area contributed by atoms with E-state index in [0.29, 0.717) is 12.2 Å². The molecule has 2 aliphatic rings. The van der Waals surface area contributed by atoms with Gasteiger partial charge in [0.25, 0.3) is 0 Å². The summed E-state index contributed by atoms with van der Waals surface area (Å²) in [5.41, 5.74) is 0.748. The molecule has 0 aromatic rings. The van der Waals surface area contributed by atoms with Crippen molar-refractivity contribution in [2.24, 2.45) is 5.92 Å². The lowest BCUT2D eigenvalue weighted by Gasteiger charge is -2.29. The third kappa shape index (κ3) is 2.54. The van der Waals surface area contributed by atoms with Crippen LogP contribution in [0.15, 0.2) is 35.3 Å². The van der Waals surface area contributed by atoms with Crippen LogP contribution < -0.4 is 0 Å². The van der Waals surface area contributed by atoms with E-state index in [1.807, 2.05) is 6.08 Å². The Kier molecular flexibility index (Phi) is 3.74. The molecule has 0 radical (unpaired) electrons. The summed E-state index contributed by atoms with van der Waals surface area (Å²) in [6.45, 7) is 5.87. The quantitative estimate of drug-likeness (QED) is 0.617. The number of allylic oxidation sites excluding steroid dienone is 3. The van der Waals surface area contributed by atoms with Gasteiger partial charge in [0.1, 0.15) is 11.3 Å². The molecular formula is C14H17NO4. The summed E-state index contributed by atoms with van der Waals surface area (Å²) >= 11 is 0. The molecule has 0 spiro atoms. The lowest BCUT2D eigenvalue weighted by Crippen LogP contribution is -2.28. The predicted molar refractivity (Wildman–Crippen MR) is 69.0 cm³/mol. The summed E-state index contributed by atoms with van der Waals surface area (Å²) in [5.74, 6) is -1.62. The number of likely N-dealkylation sites (N-methyl/N-ethyl adjacent to an activating group) is 1. The molecule has 1 N–H and O–H groups in total. The molecule has 1 heterocycles. The van der Waals surface area contributed by atoms with Crippen LogP contribution in [0.4, 0.5) is 0 Å². The van der Waals surface area contributed by atoms with Gasteiger partial charge in [-0.2, -0.15) is 0 Å². The minimum Gasteiger partial charge on any atom is -0.477 e. The SMILES string of the molecule is CCN(CC)C1=CCC2C=C(C(=O)O)C(=O)OC2=C1. The van der Waals surface area contributed by atoms with Gasteiger partial charge in [-0.3, -0.25) is 0 Å². The molecule has 0 fully saturated rings. The van der Waals surface area contributed by atoms with Crippen molar-refractivity contribution in [1.82, 2.24) is 4.90 Å². The zero-order valence-electron chi connectivity index (χ0n) is 11.0. The molecule has 0 saturated heterocycles. The van der Waals surface area contributed by atoms with Gasteiger partial charge in [-0.15, -0.1) is 0 Å². The maximum Gasteiger partial charge on any atom is 0.350 e. The van der Waals surface area contributed by atoms with Crippen LogP contribution >= 0.6 is 0 Å². The third-order valence-corrected chi connectivity index (χ3v) is 3.39. The molecule has 19 heavy (non-hydrogen) atoms. The van der Waals surface area contributed by atoms with Crippen LogP contribution in [0.1, 0.15) is 20.3 Å². The van der Waals surface area contributed by atoms with E-state index >= 15 is 0 Å². The van der Waals surface area contributed by atoms with Crippen molar-refractivity contribution >= 4 is 11.9 Å². The molecule has 5 nitrogen and oxygen atoms in total. The molecule has 0 aromatic carbocycles. The van der Waals surface area contributed by atoms with E-state index < -0.39 is 11.9 Å². The number of hydrogen-bond acceptors (Lipinski definition) is 4. The number of ether oxygens (including phenoxy) is 1. The Morgan fingerprint density at radius 2 is 2.16 bits per heavy atom. The van der Waals surface area contributed by atoms with Crippen molar-refractivity contribution in [3.63, 3.8) is 0 Å². The molecule has 1 unspecified atom stereocenters. The maximum atomic E-state index is 11.6. The smallest absolute Gasteiger partial charge is 0.350 e. The predicted octanol–water partition coefficient (Wildman–Crippen LogP) is 1.68. The highest BCUT2D eigenvalue weighted by Crippen LogP contribution is 2.32. The first-order valence-corrected chi connectivity index (χ1v) is 6.40. The summed E-state index contributed by atoms with van der Waals surface area (Å²) in [7, 11) is 0. The van der Waals surface area contributed by atoms with Gasteiger partial charge in [0, 0.05) is 30.8 Å². The standard InChI is InChI=1S/C14H17NO4/c1-3-15(4-2)10-6-5-9-7-11(13(16)17)14(18)19-12(9)8-10/h6-9H,3-5H2,1-2H3,(H,16,17). The van der Waals surface area contributed by atoms with Gasteiger partial charge in [0.05, 0.1) is 0 Å². The summed E-state index contributed by atoms with van der Waals surface area (Å²) in [5, 5.41) is 8.90. The number of fused-ring (bicyclic) bond motifs is 1.